The van der Waals surface area contributed by atoms with Gasteiger partial charge in [-0.3, -0.25) is 0 Å². The smallest absolute Gasteiger partial charge is 0.342 e. The van der Waals surface area contributed by atoms with Gasteiger partial charge < -0.3 is 19.0 Å². The van der Waals surface area contributed by atoms with Crippen molar-refractivity contribution in [3.8, 4) is 29.0 Å². The van der Waals surface area contributed by atoms with Crippen LogP contribution >= 0.6 is 46.0 Å². The van der Waals surface area contributed by atoms with Gasteiger partial charge in [0.2, 0.25) is 5.89 Å². The second-order valence-electron chi connectivity index (χ2n) is 7.39. The minimum atomic E-state index is -1.15. The van der Waals surface area contributed by atoms with Gasteiger partial charge in [-0.1, -0.05) is 29.8 Å². The van der Waals surface area contributed by atoms with Gasteiger partial charge in [-0.25, -0.2) is 4.79 Å². The maximum absolute atomic E-state index is 12.0. The first-order valence-electron chi connectivity index (χ1n) is 10.6. The first-order valence-corrected chi connectivity index (χ1v) is 12.9. The number of halogens is 2. The topological polar surface area (TPSA) is 118 Å². The van der Waals surface area contributed by atoms with E-state index in [-0.39, 0.29) is 22.6 Å². The zero-order valence-corrected chi connectivity index (χ0v) is 22.9. The van der Waals surface area contributed by atoms with Crippen molar-refractivity contribution in [2.24, 2.45) is 0 Å². The first kappa shape index (κ1) is 26.5. The summed E-state index contributed by atoms with van der Waals surface area (Å²) in [4.78, 5) is 11.9. The molecule has 0 radical (unpaired) electrons. The number of carboxylic acids is 1. The molecule has 8 nitrogen and oxygen atoms in total. The lowest BCUT2D eigenvalue weighted by Gasteiger charge is -2.14. The summed E-state index contributed by atoms with van der Waals surface area (Å²) in [6.45, 7) is 0.175. The molecule has 0 unspecified atom stereocenters. The zero-order chi connectivity index (χ0) is 26.4. The molecule has 186 valence electrons. The van der Waals surface area contributed by atoms with Crippen LogP contribution in [0.5, 0.6) is 11.5 Å². The van der Waals surface area contributed by atoms with Crippen LogP contribution in [0.15, 0.2) is 75.2 Å². The molecule has 1 N–H and O–H groups in total. The number of hydrogen-bond donors (Lipinski definition) is 1. The highest BCUT2D eigenvalue weighted by Crippen LogP contribution is 2.37. The highest BCUT2D eigenvalue weighted by Gasteiger charge is 2.18. The number of nitrogens with zero attached hydrogens (tertiary/aromatic N) is 3. The van der Waals surface area contributed by atoms with Crippen LogP contribution in [-0.2, 0) is 11.4 Å². The van der Waals surface area contributed by atoms with Crippen LogP contribution < -0.4 is 9.47 Å². The molecule has 0 aliphatic heterocycles. The van der Waals surface area contributed by atoms with Gasteiger partial charge in [0.15, 0.2) is 11.5 Å². The third-order valence-corrected chi connectivity index (χ3v) is 6.87. The van der Waals surface area contributed by atoms with Gasteiger partial charge in [0.1, 0.15) is 11.5 Å². The van der Waals surface area contributed by atoms with E-state index in [0.717, 1.165) is 17.3 Å². The Labute approximate surface area is 235 Å². The van der Waals surface area contributed by atoms with Gasteiger partial charge in [-0.2, -0.15) is 5.26 Å². The molecule has 11 heteroatoms. The number of ether oxygens (including phenoxy) is 2. The number of aliphatic carboxylic acids is 1. The molecule has 0 saturated carbocycles. The monoisotopic (exact) mass is 645 g/mol. The summed E-state index contributed by atoms with van der Waals surface area (Å²) in [7, 11) is 1.50. The summed E-state index contributed by atoms with van der Waals surface area (Å²) in [5.74, 6) is 0.00502. The van der Waals surface area contributed by atoms with Crippen LogP contribution in [0, 0.1) is 14.9 Å². The van der Waals surface area contributed by atoms with Crippen LogP contribution in [0.4, 0.5) is 0 Å². The Hall–Kier alpha value is -3.53. The number of thioether (sulfide) groups is 1. The van der Waals surface area contributed by atoms with E-state index in [4.69, 9.17) is 25.5 Å². The number of rotatable bonds is 9. The number of hydrogen-bond acceptors (Lipinski definition) is 8. The number of benzene rings is 3. The standard InChI is InChI=1S/C26H17ClIN3O5S/c1-34-21-11-15(10-20(28)23(21)35-14-18-5-3-2-4-17(18)13-29)12-22(25(32)33)37-26-31-30-24(36-26)16-6-8-19(27)9-7-16/h2-12H,14H2,1H3,(H,32,33)/b22-12-. The summed E-state index contributed by atoms with van der Waals surface area (Å²) < 4.78 is 17.8. The second-order valence-corrected chi connectivity index (χ2v) is 9.98. The number of carboxylic acid groups (broad SMARTS) is 1. The Balaban J connectivity index is 1.56. The van der Waals surface area contributed by atoms with E-state index in [1.165, 1.54) is 13.2 Å². The Morgan fingerprint density at radius 3 is 2.68 bits per heavy atom. The molecule has 0 atom stereocenters. The molecule has 3 aromatic carbocycles. The first-order chi connectivity index (χ1) is 17.9. The van der Waals surface area contributed by atoms with Crippen molar-refractivity contribution >= 4 is 58.0 Å². The highest BCUT2D eigenvalue weighted by molar-refractivity contribution is 14.1. The van der Waals surface area contributed by atoms with E-state index in [0.29, 0.717) is 36.8 Å². The van der Waals surface area contributed by atoms with Crippen molar-refractivity contribution in [1.82, 2.24) is 10.2 Å². The fourth-order valence-electron chi connectivity index (χ4n) is 3.21. The van der Waals surface area contributed by atoms with E-state index in [1.807, 2.05) is 12.1 Å². The molecule has 1 aromatic heterocycles. The fourth-order valence-corrected chi connectivity index (χ4v) is 4.79. The van der Waals surface area contributed by atoms with Crippen LogP contribution in [0.1, 0.15) is 16.7 Å². The highest BCUT2D eigenvalue weighted by atomic mass is 127. The summed E-state index contributed by atoms with van der Waals surface area (Å²) in [5.41, 5.74) is 2.51. The van der Waals surface area contributed by atoms with Gasteiger partial charge in [0.05, 0.1) is 22.3 Å². The summed E-state index contributed by atoms with van der Waals surface area (Å²) in [6, 6.07) is 19.6. The molecule has 4 aromatic rings. The molecule has 4 rings (SSSR count). The third-order valence-electron chi connectivity index (χ3n) is 4.97. The van der Waals surface area contributed by atoms with Gasteiger partial charge >= 0.3 is 5.97 Å². The van der Waals surface area contributed by atoms with E-state index in [1.54, 1.807) is 48.5 Å². The van der Waals surface area contributed by atoms with Crippen molar-refractivity contribution in [2.75, 3.05) is 7.11 Å². The molecule has 0 spiro atoms. The normalized spacial score (nSPS) is 11.1. The Bertz CT molecular complexity index is 1520. The van der Waals surface area contributed by atoms with Crippen LogP contribution in [0.3, 0.4) is 0 Å². The average Bonchev–Trinajstić information content (AvgIpc) is 3.36. The van der Waals surface area contributed by atoms with Gasteiger partial charge in [0, 0.05) is 16.1 Å². The van der Waals surface area contributed by atoms with Crippen LogP contribution in [0.25, 0.3) is 17.5 Å². The van der Waals surface area contributed by atoms with Crippen molar-refractivity contribution in [2.45, 2.75) is 11.8 Å². The zero-order valence-electron chi connectivity index (χ0n) is 19.1. The number of methoxy groups -OCH3 is 1. The molecule has 0 bridgehead atoms. The Morgan fingerprint density at radius 2 is 1.97 bits per heavy atom. The molecule has 0 amide bonds. The van der Waals surface area contributed by atoms with Gasteiger partial charge in [0.25, 0.3) is 5.22 Å². The van der Waals surface area contributed by atoms with E-state index in [2.05, 4.69) is 38.9 Å². The number of carbonyl (C=O) groups is 1. The molecule has 0 saturated heterocycles. The number of nitriles is 1. The third kappa shape index (κ3) is 6.62. The lowest BCUT2D eigenvalue weighted by atomic mass is 10.1. The van der Waals surface area contributed by atoms with E-state index >= 15 is 0 Å². The molecule has 1 heterocycles. The lowest BCUT2D eigenvalue weighted by Crippen LogP contribution is -2.02. The summed E-state index contributed by atoms with van der Waals surface area (Å²) in [6.07, 6.45) is 1.48. The van der Waals surface area contributed by atoms with Gasteiger partial charge in [-0.15, -0.1) is 10.2 Å². The molecule has 0 fully saturated rings. The summed E-state index contributed by atoms with van der Waals surface area (Å²) >= 11 is 8.84. The van der Waals surface area contributed by atoms with E-state index < -0.39 is 5.97 Å². The molecule has 37 heavy (non-hydrogen) atoms. The van der Waals surface area contributed by atoms with Crippen molar-refractivity contribution < 1.29 is 23.8 Å². The molecular weight excluding hydrogens is 629 g/mol. The maximum Gasteiger partial charge on any atom is 0.342 e. The average molecular weight is 646 g/mol. The Kier molecular flexibility index (Phi) is 8.70. The minimum absolute atomic E-state index is 0.0271. The lowest BCUT2D eigenvalue weighted by molar-refractivity contribution is -0.131. The predicted octanol–water partition coefficient (Wildman–Crippen LogP) is 6.67. The summed E-state index contributed by atoms with van der Waals surface area (Å²) in [5, 5.41) is 27.7. The van der Waals surface area contributed by atoms with Crippen molar-refractivity contribution in [3.63, 3.8) is 0 Å². The quantitative estimate of drug-likeness (QED) is 0.121. The Morgan fingerprint density at radius 1 is 1.22 bits per heavy atom. The SMILES string of the molecule is COc1cc(/C=C(\Sc2nnc(-c3ccc(Cl)cc3)o2)C(=O)O)cc(I)c1OCc1ccccc1C#N. The van der Waals surface area contributed by atoms with Crippen LogP contribution in [-0.4, -0.2) is 28.4 Å². The number of aromatic nitrogens is 2. The predicted molar refractivity (Wildman–Crippen MR) is 147 cm³/mol. The van der Waals surface area contributed by atoms with Crippen molar-refractivity contribution in [1.29, 1.82) is 5.26 Å². The maximum atomic E-state index is 12.0. The largest absolute Gasteiger partial charge is 0.493 e. The molecule has 0 aliphatic carbocycles. The molecular formula is C26H17ClIN3O5S. The van der Waals surface area contributed by atoms with E-state index in [9.17, 15) is 15.2 Å². The minimum Gasteiger partial charge on any atom is -0.493 e. The van der Waals surface area contributed by atoms with Crippen LogP contribution in [0.2, 0.25) is 5.02 Å². The second kappa shape index (κ2) is 12.1. The van der Waals surface area contributed by atoms with Gasteiger partial charge in [-0.05, 0) is 88.5 Å². The molecule has 0 aliphatic rings. The van der Waals surface area contributed by atoms with Crippen molar-refractivity contribution in [3.05, 3.63) is 90.9 Å². The fraction of sp³-hybridized carbons (Fsp3) is 0.0769.